The molecule has 1 saturated carbocycles. The van der Waals surface area contributed by atoms with Crippen molar-refractivity contribution in [3.05, 3.63) is 64.1 Å². The molecule has 5 heteroatoms. The first-order valence-corrected chi connectivity index (χ1v) is 8.23. The fraction of sp³-hybridized carbons (Fsp3) is 0.368. The summed E-state index contributed by atoms with van der Waals surface area (Å²) in [4.78, 5) is 12.4. The van der Waals surface area contributed by atoms with Crippen LogP contribution < -0.4 is 10.3 Å². The molecule has 5 nitrogen and oxygen atoms in total. The lowest BCUT2D eigenvalue weighted by atomic mass is 9.82. The van der Waals surface area contributed by atoms with E-state index >= 15 is 0 Å². The lowest BCUT2D eigenvalue weighted by molar-refractivity contribution is -0.0832. The second-order valence-corrected chi connectivity index (χ2v) is 6.57. The van der Waals surface area contributed by atoms with Crippen LogP contribution in [0, 0.1) is 11.3 Å². The van der Waals surface area contributed by atoms with Crippen LogP contribution in [0.3, 0.4) is 0 Å². The van der Waals surface area contributed by atoms with Crippen LogP contribution in [0.15, 0.2) is 47.4 Å². The molecule has 1 aromatic heterocycles. The predicted octanol–water partition coefficient (Wildman–Crippen LogP) is 2.38. The summed E-state index contributed by atoms with van der Waals surface area (Å²) in [5, 5.41) is 20.3. The van der Waals surface area contributed by atoms with Crippen LogP contribution in [0.25, 0.3) is 0 Å². The summed E-state index contributed by atoms with van der Waals surface area (Å²) in [7, 11) is 0. The molecule has 0 radical (unpaired) electrons. The highest BCUT2D eigenvalue weighted by Crippen LogP contribution is 2.48. The van der Waals surface area contributed by atoms with Crippen molar-refractivity contribution in [1.29, 1.82) is 5.26 Å². The van der Waals surface area contributed by atoms with Crippen molar-refractivity contribution in [2.45, 2.75) is 43.4 Å². The van der Waals surface area contributed by atoms with Gasteiger partial charge in [0.15, 0.2) is 0 Å². The third-order valence-electron chi connectivity index (χ3n) is 5.21. The lowest BCUT2D eigenvalue weighted by Gasteiger charge is -2.44. The molecule has 2 unspecified atom stereocenters. The van der Waals surface area contributed by atoms with E-state index in [1.54, 1.807) is 41.1 Å². The van der Waals surface area contributed by atoms with Crippen molar-refractivity contribution >= 4 is 0 Å². The molecule has 1 N–H and O–H groups in total. The van der Waals surface area contributed by atoms with Gasteiger partial charge in [0.25, 0.3) is 5.56 Å². The van der Waals surface area contributed by atoms with Crippen LogP contribution in [0.5, 0.6) is 5.75 Å². The Morgan fingerprint density at radius 3 is 2.75 bits per heavy atom. The molecular weight excluding hydrogens is 304 g/mol. The van der Waals surface area contributed by atoms with Crippen molar-refractivity contribution in [3.8, 4) is 11.8 Å². The van der Waals surface area contributed by atoms with Crippen molar-refractivity contribution in [3.63, 3.8) is 0 Å². The second kappa shape index (κ2) is 5.50. The van der Waals surface area contributed by atoms with Crippen molar-refractivity contribution < 1.29 is 9.84 Å². The van der Waals surface area contributed by atoms with Gasteiger partial charge in [-0.25, -0.2) is 0 Å². The van der Waals surface area contributed by atoms with E-state index < -0.39 is 17.7 Å². The summed E-state index contributed by atoms with van der Waals surface area (Å²) in [5.41, 5.74) is 0.347. The fourth-order valence-corrected chi connectivity index (χ4v) is 4.02. The third-order valence-corrected chi connectivity index (χ3v) is 5.21. The first kappa shape index (κ1) is 15.0. The van der Waals surface area contributed by atoms with Crippen molar-refractivity contribution in [2.75, 3.05) is 0 Å². The normalized spacial score (nSPS) is 24.2. The average molecular weight is 322 g/mol. The van der Waals surface area contributed by atoms with Gasteiger partial charge in [-0.2, -0.15) is 5.26 Å². The standard InChI is InChI=1S/C19H18N2O3/c20-12-13-6-7-15-14(11-13)17(21-10-4-1-5-16(21)22)18(23)19(24-15)8-2-3-9-19/h1,4-7,10-11,17-18,23H,2-3,8-9H2. The maximum absolute atomic E-state index is 12.4. The van der Waals surface area contributed by atoms with Crippen LogP contribution in [0.2, 0.25) is 0 Å². The Balaban J connectivity index is 1.94. The molecular formula is C19H18N2O3. The highest BCUT2D eigenvalue weighted by atomic mass is 16.5. The van der Waals surface area contributed by atoms with E-state index in [0.717, 1.165) is 25.7 Å². The largest absolute Gasteiger partial charge is 0.484 e. The quantitative estimate of drug-likeness (QED) is 0.874. The number of nitriles is 1. The number of hydrogen-bond donors (Lipinski definition) is 1. The fourth-order valence-electron chi connectivity index (χ4n) is 4.02. The Hall–Kier alpha value is -2.58. The summed E-state index contributed by atoms with van der Waals surface area (Å²) in [6.07, 6.45) is 4.39. The van der Waals surface area contributed by atoms with Gasteiger partial charge < -0.3 is 14.4 Å². The molecule has 24 heavy (non-hydrogen) atoms. The van der Waals surface area contributed by atoms with E-state index in [2.05, 4.69) is 6.07 Å². The average Bonchev–Trinajstić information content (AvgIpc) is 3.06. The highest BCUT2D eigenvalue weighted by molar-refractivity contribution is 5.47. The number of aliphatic hydroxyl groups is 1. The minimum atomic E-state index is -0.832. The van der Waals surface area contributed by atoms with Crippen LogP contribution >= 0.6 is 0 Å². The Morgan fingerprint density at radius 2 is 2.04 bits per heavy atom. The van der Waals surface area contributed by atoms with Gasteiger partial charge in [0, 0.05) is 17.8 Å². The van der Waals surface area contributed by atoms with E-state index in [4.69, 9.17) is 4.74 Å². The zero-order valence-corrected chi connectivity index (χ0v) is 13.2. The molecule has 0 bridgehead atoms. The first-order chi connectivity index (χ1) is 11.6. The minimum absolute atomic E-state index is 0.176. The van der Waals surface area contributed by atoms with Gasteiger partial charge in [-0.3, -0.25) is 4.79 Å². The molecule has 1 aliphatic heterocycles. The number of nitrogens with zero attached hydrogens (tertiary/aromatic N) is 2. The first-order valence-electron chi connectivity index (χ1n) is 8.23. The van der Waals surface area contributed by atoms with E-state index in [1.165, 1.54) is 6.07 Å². The van der Waals surface area contributed by atoms with Gasteiger partial charge in [0.2, 0.25) is 0 Å². The molecule has 2 aromatic rings. The maximum Gasteiger partial charge on any atom is 0.251 e. The van der Waals surface area contributed by atoms with Crippen LogP contribution in [-0.2, 0) is 0 Å². The van der Waals surface area contributed by atoms with Gasteiger partial charge in [-0.15, -0.1) is 0 Å². The minimum Gasteiger partial charge on any atom is -0.484 e. The molecule has 1 fully saturated rings. The Labute approximate surface area is 139 Å². The number of benzene rings is 1. The Bertz CT molecular complexity index is 875. The molecule has 2 heterocycles. The summed E-state index contributed by atoms with van der Waals surface area (Å²) in [6, 6.07) is 11.7. The Kier molecular flexibility index (Phi) is 3.43. The van der Waals surface area contributed by atoms with Gasteiger partial charge in [-0.1, -0.05) is 6.07 Å². The smallest absolute Gasteiger partial charge is 0.251 e. The molecule has 1 aromatic carbocycles. The molecule has 2 atom stereocenters. The molecule has 0 saturated heterocycles. The number of fused-ring (bicyclic) bond motifs is 1. The van der Waals surface area contributed by atoms with Gasteiger partial charge in [0.1, 0.15) is 17.5 Å². The maximum atomic E-state index is 12.4. The van der Waals surface area contributed by atoms with Crippen molar-refractivity contribution in [1.82, 2.24) is 4.57 Å². The van der Waals surface area contributed by atoms with Crippen LogP contribution in [0.4, 0.5) is 0 Å². The molecule has 1 spiro atoms. The van der Waals surface area contributed by atoms with Crippen LogP contribution in [0.1, 0.15) is 42.9 Å². The number of aromatic nitrogens is 1. The summed E-state index contributed by atoms with van der Waals surface area (Å²) >= 11 is 0. The zero-order chi connectivity index (χ0) is 16.7. The Morgan fingerprint density at radius 1 is 1.25 bits per heavy atom. The third kappa shape index (κ3) is 2.15. The molecule has 122 valence electrons. The topological polar surface area (TPSA) is 75.2 Å². The number of pyridine rings is 1. The molecule has 0 amide bonds. The number of aliphatic hydroxyl groups excluding tert-OH is 1. The second-order valence-electron chi connectivity index (χ2n) is 6.57. The number of ether oxygens (including phenoxy) is 1. The van der Waals surface area contributed by atoms with Gasteiger partial charge in [0.05, 0.1) is 17.7 Å². The van der Waals surface area contributed by atoms with E-state index in [0.29, 0.717) is 16.9 Å². The van der Waals surface area contributed by atoms with E-state index in [-0.39, 0.29) is 5.56 Å². The van der Waals surface area contributed by atoms with Crippen molar-refractivity contribution in [2.24, 2.45) is 0 Å². The summed E-state index contributed by atoms with van der Waals surface area (Å²) in [6.45, 7) is 0. The molecule has 1 aliphatic carbocycles. The summed E-state index contributed by atoms with van der Waals surface area (Å²) in [5.74, 6) is 0.655. The summed E-state index contributed by atoms with van der Waals surface area (Å²) < 4.78 is 7.76. The van der Waals surface area contributed by atoms with Gasteiger partial charge >= 0.3 is 0 Å². The number of hydrogen-bond acceptors (Lipinski definition) is 4. The molecule has 2 aliphatic rings. The van der Waals surface area contributed by atoms with E-state index in [1.807, 2.05) is 0 Å². The highest BCUT2D eigenvalue weighted by Gasteiger charge is 2.51. The molecule has 4 rings (SSSR count). The van der Waals surface area contributed by atoms with E-state index in [9.17, 15) is 15.2 Å². The van der Waals surface area contributed by atoms with Gasteiger partial charge in [-0.05, 0) is 49.9 Å². The zero-order valence-electron chi connectivity index (χ0n) is 13.2. The lowest BCUT2D eigenvalue weighted by Crippen LogP contribution is -2.54. The predicted molar refractivity (Wildman–Crippen MR) is 87.8 cm³/mol. The monoisotopic (exact) mass is 322 g/mol. The number of rotatable bonds is 1. The van der Waals surface area contributed by atoms with Crippen LogP contribution in [-0.4, -0.2) is 21.4 Å². The SMILES string of the molecule is N#Cc1ccc2c(c1)C(n1ccccc1=O)C(O)C1(CCCC1)O2.